The van der Waals surface area contributed by atoms with Gasteiger partial charge in [-0.25, -0.2) is 14.2 Å². The highest BCUT2D eigenvalue weighted by Gasteiger charge is 2.36. The Bertz CT molecular complexity index is 723. The summed E-state index contributed by atoms with van der Waals surface area (Å²) in [5.41, 5.74) is 9.14. The molecule has 33 heavy (non-hydrogen) atoms. The molecule has 0 aliphatic carbocycles. The number of hydrogen-bond acceptors (Lipinski definition) is 5. The summed E-state index contributed by atoms with van der Waals surface area (Å²) in [4.78, 5) is 2.22. The van der Waals surface area contributed by atoms with Crippen LogP contribution in [0.2, 0.25) is 0 Å². The smallest absolute Gasteiger partial charge is 0.129 e. The fourth-order valence-corrected chi connectivity index (χ4v) is 4.47. The maximum Gasteiger partial charge on any atom is 0.129 e. The summed E-state index contributed by atoms with van der Waals surface area (Å²) in [6, 6.07) is 6.13. The summed E-state index contributed by atoms with van der Waals surface area (Å²) < 4.78 is 28.4. The molecule has 0 radical (unpaired) electrons. The fourth-order valence-electron chi connectivity index (χ4n) is 4.47. The highest BCUT2D eigenvalue weighted by molar-refractivity contribution is 5.85. The predicted molar refractivity (Wildman–Crippen MR) is 132 cm³/mol. The van der Waals surface area contributed by atoms with Crippen LogP contribution in [-0.4, -0.2) is 67.7 Å². The normalized spacial score (nSPS) is 20.2. The number of benzene rings is 1. The van der Waals surface area contributed by atoms with Crippen molar-refractivity contribution in [2.45, 2.75) is 65.2 Å². The Labute approximate surface area is 198 Å². The van der Waals surface area contributed by atoms with Crippen molar-refractivity contribution < 1.29 is 8.78 Å². The maximum atomic E-state index is 14.8. The number of nitrogens with zero attached hydrogens (tertiary/aromatic N) is 2. The zero-order valence-corrected chi connectivity index (χ0v) is 20.8. The molecule has 0 amide bonds. The largest absolute Gasteiger partial charge is 0.330 e. The lowest BCUT2D eigenvalue weighted by molar-refractivity contribution is 0.233. The first kappa shape index (κ1) is 27.6. The van der Waals surface area contributed by atoms with E-state index in [0.29, 0.717) is 25.5 Å². The monoisotopic (exact) mass is 466 g/mol. The average molecular weight is 467 g/mol. The van der Waals surface area contributed by atoms with Gasteiger partial charge in [0, 0.05) is 32.6 Å². The van der Waals surface area contributed by atoms with Crippen LogP contribution in [0, 0.1) is 22.6 Å². The standard InChI is InChI=1S/C25H44F2N6/c1-25(2,3)23(24(29)33(30-4)16-19-10-9-11-21(26)14-19)31-15-20-17-32(18-22(20)27)13-8-6-5-7-12-28/h9-11,14,20,22-23,29-31H,5-8,12-13,15-18,28H2,1-4H3/t20-,22+,23+/m1/s1. The van der Waals surface area contributed by atoms with Crippen molar-refractivity contribution in [3.8, 4) is 0 Å². The summed E-state index contributed by atoms with van der Waals surface area (Å²) in [6.45, 7) is 10.0. The molecule has 2 rings (SSSR count). The SMILES string of the molecule is CNN(Cc1cccc(F)c1)C(=N)[C@H](NC[C@@H]1CN(CCCCCCN)C[C@@H]1F)C(C)(C)C. The predicted octanol–water partition coefficient (Wildman–Crippen LogP) is 3.53. The van der Waals surface area contributed by atoms with Crippen molar-refractivity contribution in [3.05, 3.63) is 35.6 Å². The quantitative estimate of drug-likeness (QED) is 0.155. The third kappa shape index (κ3) is 8.92. The van der Waals surface area contributed by atoms with Crippen molar-refractivity contribution >= 4 is 5.84 Å². The molecule has 0 bridgehead atoms. The van der Waals surface area contributed by atoms with E-state index >= 15 is 0 Å². The number of likely N-dealkylation sites (tertiary alicyclic amines) is 1. The van der Waals surface area contributed by atoms with E-state index in [4.69, 9.17) is 11.1 Å². The summed E-state index contributed by atoms with van der Waals surface area (Å²) >= 11 is 0. The van der Waals surface area contributed by atoms with Gasteiger partial charge in [-0.2, -0.15) is 0 Å². The number of alkyl halides is 1. The Balaban J connectivity index is 1.93. The topological polar surface area (TPSA) is 80.4 Å². The van der Waals surface area contributed by atoms with Crippen LogP contribution in [0.4, 0.5) is 8.78 Å². The lowest BCUT2D eigenvalue weighted by Gasteiger charge is -2.37. The molecule has 1 heterocycles. The van der Waals surface area contributed by atoms with E-state index < -0.39 is 6.17 Å². The number of hydrazine groups is 1. The van der Waals surface area contributed by atoms with Gasteiger partial charge in [-0.1, -0.05) is 45.7 Å². The van der Waals surface area contributed by atoms with Gasteiger partial charge in [0.1, 0.15) is 17.8 Å². The van der Waals surface area contributed by atoms with E-state index in [1.807, 2.05) is 6.07 Å². The third-order valence-electron chi connectivity index (χ3n) is 6.38. The number of unbranched alkanes of at least 4 members (excludes halogenated alkanes) is 3. The number of amidine groups is 1. The zero-order valence-electron chi connectivity index (χ0n) is 20.8. The molecule has 3 atom stereocenters. The second-order valence-electron chi connectivity index (χ2n) is 10.3. The van der Waals surface area contributed by atoms with Gasteiger partial charge >= 0.3 is 0 Å². The van der Waals surface area contributed by atoms with Gasteiger partial charge in [0.05, 0.1) is 12.6 Å². The van der Waals surface area contributed by atoms with Gasteiger partial charge in [-0.3, -0.25) is 10.4 Å². The van der Waals surface area contributed by atoms with Crippen molar-refractivity contribution in [1.82, 2.24) is 20.7 Å². The Morgan fingerprint density at radius 1 is 1.24 bits per heavy atom. The zero-order chi connectivity index (χ0) is 24.4. The molecule has 1 aromatic rings. The van der Waals surface area contributed by atoms with E-state index in [2.05, 4.69) is 36.4 Å². The lowest BCUT2D eigenvalue weighted by atomic mass is 9.85. The highest BCUT2D eigenvalue weighted by atomic mass is 19.1. The van der Waals surface area contributed by atoms with E-state index in [0.717, 1.165) is 50.9 Å². The van der Waals surface area contributed by atoms with Crippen LogP contribution < -0.4 is 16.5 Å². The van der Waals surface area contributed by atoms with Gasteiger partial charge < -0.3 is 16.0 Å². The average Bonchev–Trinajstić information content (AvgIpc) is 3.10. The van der Waals surface area contributed by atoms with Gasteiger partial charge in [0.2, 0.25) is 0 Å². The molecular weight excluding hydrogens is 422 g/mol. The summed E-state index contributed by atoms with van der Waals surface area (Å²) in [6.07, 6.45) is 3.56. The van der Waals surface area contributed by atoms with Crippen LogP contribution in [0.15, 0.2) is 24.3 Å². The summed E-state index contributed by atoms with van der Waals surface area (Å²) in [5.74, 6) is -0.0166. The fraction of sp³-hybridized carbons (Fsp3) is 0.720. The number of hydrogen-bond donors (Lipinski definition) is 4. The third-order valence-corrected chi connectivity index (χ3v) is 6.38. The molecule has 0 unspecified atom stereocenters. The van der Waals surface area contributed by atoms with E-state index in [-0.39, 0.29) is 23.2 Å². The second-order valence-corrected chi connectivity index (χ2v) is 10.3. The van der Waals surface area contributed by atoms with Crippen LogP contribution in [-0.2, 0) is 6.54 Å². The first-order valence-electron chi connectivity index (χ1n) is 12.2. The molecule has 8 heteroatoms. The van der Waals surface area contributed by atoms with Crippen molar-refractivity contribution in [1.29, 1.82) is 5.41 Å². The Morgan fingerprint density at radius 3 is 2.61 bits per heavy atom. The molecule has 5 N–H and O–H groups in total. The van der Waals surface area contributed by atoms with Crippen LogP contribution >= 0.6 is 0 Å². The maximum absolute atomic E-state index is 14.8. The Hall–Kier alpha value is -1.61. The number of nitrogens with two attached hydrogens (primary N) is 1. The number of halogens is 2. The molecule has 1 aliphatic rings. The van der Waals surface area contributed by atoms with Crippen LogP contribution in [0.5, 0.6) is 0 Å². The van der Waals surface area contributed by atoms with E-state index in [1.54, 1.807) is 18.1 Å². The first-order valence-corrected chi connectivity index (χ1v) is 12.2. The minimum atomic E-state index is -0.857. The minimum Gasteiger partial charge on any atom is -0.330 e. The van der Waals surface area contributed by atoms with Crippen molar-refractivity contribution in [3.63, 3.8) is 0 Å². The summed E-state index contributed by atoms with van der Waals surface area (Å²) in [5, 5.41) is 14.1. The lowest BCUT2D eigenvalue weighted by Crippen LogP contribution is -2.56. The van der Waals surface area contributed by atoms with Crippen LogP contribution in [0.1, 0.15) is 52.0 Å². The Morgan fingerprint density at radius 2 is 1.97 bits per heavy atom. The first-order chi connectivity index (χ1) is 15.7. The molecule has 0 spiro atoms. The van der Waals surface area contributed by atoms with Crippen molar-refractivity contribution in [2.24, 2.45) is 17.1 Å². The molecule has 0 aromatic heterocycles. The number of nitrogens with one attached hydrogen (secondary N) is 3. The van der Waals surface area contributed by atoms with Gasteiger partial charge in [-0.15, -0.1) is 0 Å². The van der Waals surface area contributed by atoms with Crippen molar-refractivity contribution in [2.75, 3.05) is 39.8 Å². The number of rotatable bonds is 13. The molecule has 1 saturated heterocycles. The molecule has 1 aromatic carbocycles. The van der Waals surface area contributed by atoms with Gasteiger partial charge in [0.25, 0.3) is 0 Å². The molecule has 188 valence electrons. The highest BCUT2D eigenvalue weighted by Crippen LogP contribution is 2.25. The van der Waals surface area contributed by atoms with Gasteiger partial charge in [0.15, 0.2) is 0 Å². The van der Waals surface area contributed by atoms with Crippen LogP contribution in [0.3, 0.4) is 0 Å². The molecule has 1 fully saturated rings. The van der Waals surface area contributed by atoms with Crippen LogP contribution in [0.25, 0.3) is 0 Å². The molecule has 0 saturated carbocycles. The van der Waals surface area contributed by atoms with Gasteiger partial charge in [-0.05, 0) is 49.0 Å². The molecular formula is C25H44F2N6. The molecule has 1 aliphatic heterocycles. The summed E-state index contributed by atoms with van der Waals surface area (Å²) in [7, 11) is 1.76. The van der Waals surface area contributed by atoms with E-state index in [1.165, 1.54) is 12.1 Å². The minimum absolute atomic E-state index is 0.0852. The molecule has 6 nitrogen and oxygen atoms in total. The second kappa shape index (κ2) is 13.3. The van der Waals surface area contributed by atoms with E-state index in [9.17, 15) is 8.78 Å². The Kier molecular flexibility index (Phi) is 11.2.